The van der Waals surface area contributed by atoms with E-state index < -0.39 is 0 Å². The number of nitrogens with one attached hydrogen (secondary N) is 2. The van der Waals surface area contributed by atoms with Gasteiger partial charge in [-0.25, -0.2) is 0 Å². The number of hydrogen-bond donors (Lipinski definition) is 3. The second kappa shape index (κ2) is 8.29. The minimum atomic E-state index is -0.253. The van der Waals surface area contributed by atoms with Crippen LogP contribution in [0.3, 0.4) is 0 Å². The van der Waals surface area contributed by atoms with Crippen molar-refractivity contribution in [3.05, 3.63) is 29.8 Å². The van der Waals surface area contributed by atoms with E-state index in [1.54, 1.807) is 12.1 Å². The predicted octanol–water partition coefficient (Wildman–Crippen LogP) is 0.625. The maximum atomic E-state index is 11.7. The van der Waals surface area contributed by atoms with Gasteiger partial charge >= 0.3 is 0 Å². The number of anilines is 1. The molecule has 6 nitrogen and oxygen atoms in total. The summed E-state index contributed by atoms with van der Waals surface area (Å²) in [6.07, 6.45) is -0.00565. The maximum absolute atomic E-state index is 11.7. The number of benzene rings is 1. The van der Waals surface area contributed by atoms with E-state index in [4.69, 9.17) is 10.5 Å². The first kappa shape index (κ1) is 16.1. The van der Waals surface area contributed by atoms with Gasteiger partial charge in [0, 0.05) is 32.8 Å². The van der Waals surface area contributed by atoms with Crippen LogP contribution in [-0.4, -0.2) is 31.6 Å². The molecule has 0 bridgehead atoms. The van der Waals surface area contributed by atoms with Crippen molar-refractivity contribution in [1.82, 2.24) is 5.32 Å². The topological polar surface area (TPSA) is 93.4 Å². The largest absolute Gasteiger partial charge is 0.380 e. The first-order chi connectivity index (χ1) is 9.55. The third kappa shape index (κ3) is 5.81. The summed E-state index contributed by atoms with van der Waals surface area (Å²) >= 11 is 0. The number of carbonyl (C=O) groups excluding carboxylic acids is 2. The van der Waals surface area contributed by atoms with Crippen molar-refractivity contribution in [1.29, 1.82) is 0 Å². The lowest BCUT2D eigenvalue weighted by atomic mass is 10.2. The smallest absolute Gasteiger partial charge is 0.222 e. The van der Waals surface area contributed by atoms with Crippen LogP contribution in [0.1, 0.15) is 18.9 Å². The normalized spacial score (nSPS) is 11.8. The molecular weight excluding hydrogens is 258 g/mol. The van der Waals surface area contributed by atoms with Crippen LogP contribution < -0.4 is 16.4 Å². The zero-order valence-electron chi connectivity index (χ0n) is 11.8. The van der Waals surface area contributed by atoms with Crippen LogP contribution in [0.5, 0.6) is 0 Å². The Kier molecular flexibility index (Phi) is 6.69. The standard InChI is InChI=1S/C14H21N3O3/c1-10(18)17-12-5-3-11(4-6-12)9-16-14(19)7-13(8-15)20-2/h3-6,13H,7-9,15H2,1-2H3,(H,16,19)(H,17,18). The molecule has 1 aromatic carbocycles. The van der Waals surface area contributed by atoms with E-state index in [0.29, 0.717) is 13.1 Å². The summed E-state index contributed by atoms with van der Waals surface area (Å²) in [4.78, 5) is 22.5. The lowest BCUT2D eigenvalue weighted by molar-refractivity contribution is -0.123. The summed E-state index contributed by atoms with van der Waals surface area (Å²) in [5.41, 5.74) is 7.14. The highest BCUT2D eigenvalue weighted by Crippen LogP contribution is 2.09. The Morgan fingerprint density at radius 1 is 1.30 bits per heavy atom. The number of nitrogens with two attached hydrogens (primary N) is 1. The summed E-state index contributed by atoms with van der Waals surface area (Å²) in [6, 6.07) is 7.28. The first-order valence-corrected chi connectivity index (χ1v) is 6.41. The Labute approximate surface area is 118 Å². The lowest BCUT2D eigenvalue weighted by Crippen LogP contribution is -2.31. The second-order valence-corrected chi connectivity index (χ2v) is 4.45. The number of methoxy groups -OCH3 is 1. The Hall–Kier alpha value is -1.92. The van der Waals surface area contributed by atoms with Gasteiger partial charge in [-0.05, 0) is 17.7 Å². The van der Waals surface area contributed by atoms with Crippen LogP contribution in [0.2, 0.25) is 0 Å². The minimum Gasteiger partial charge on any atom is -0.380 e. The summed E-state index contributed by atoms with van der Waals surface area (Å²) in [5.74, 6) is -0.216. The fourth-order valence-electron chi connectivity index (χ4n) is 1.65. The van der Waals surface area contributed by atoms with Crippen LogP contribution in [0.25, 0.3) is 0 Å². The van der Waals surface area contributed by atoms with Crippen molar-refractivity contribution >= 4 is 17.5 Å². The van der Waals surface area contributed by atoms with Crippen LogP contribution >= 0.6 is 0 Å². The first-order valence-electron chi connectivity index (χ1n) is 6.41. The molecule has 0 aromatic heterocycles. The van der Waals surface area contributed by atoms with Gasteiger partial charge in [-0.3, -0.25) is 9.59 Å². The molecule has 110 valence electrons. The van der Waals surface area contributed by atoms with Crippen molar-refractivity contribution in [3.8, 4) is 0 Å². The fourth-order valence-corrected chi connectivity index (χ4v) is 1.65. The molecule has 0 saturated carbocycles. The lowest BCUT2D eigenvalue weighted by Gasteiger charge is -2.12. The molecule has 20 heavy (non-hydrogen) atoms. The summed E-state index contributed by atoms with van der Waals surface area (Å²) in [5, 5.41) is 5.48. The number of rotatable bonds is 7. The fraction of sp³-hybridized carbons (Fsp3) is 0.429. The van der Waals surface area contributed by atoms with E-state index in [1.807, 2.05) is 12.1 Å². The molecule has 0 aliphatic carbocycles. The molecule has 1 atom stereocenters. The number of ether oxygens (including phenoxy) is 1. The van der Waals surface area contributed by atoms with Gasteiger partial charge in [0.2, 0.25) is 11.8 Å². The van der Waals surface area contributed by atoms with E-state index in [-0.39, 0.29) is 24.3 Å². The number of carbonyl (C=O) groups is 2. The predicted molar refractivity (Wildman–Crippen MR) is 77.1 cm³/mol. The summed E-state index contributed by atoms with van der Waals surface area (Å²) in [7, 11) is 1.53. The SMILES string of the molecule is COC(CN)CC(=O)NCc1ccc(NC(C)=O)cc1. The molecule has 0 spiro atoms. The van der Waals surface area contributed by atoms with Crippen LogP contribution in [-0.2, 0) is 20.9 Å². The van der Waals surface area contributed by atoms with Gasteiger partial charge in [0.05, 0.1) is 12.5 Å². The van der Waals surface area contributed by atoms with Crippen LogP contribution in [0.4, 0.5) is 5.69 Å². The molecule has 6 heteroatoms. The van der Waals surface area contributed by atoms with Crippen molar-refractivity contribution in [2.45, 2.75) is 26.0 Å². The van der Waals surface area contributed by atoms with Crippen molar-refractivity contribution in [2.75, 3.05) is 19.0 Å². The quantitative estimate of drug-likeness (QED) is 0.682. The van der Waals surface area contributed by atoms with Gasteiger partial charge in [0.25, 0.3) is 0 Å². The Bertz CT molecular complexity index is 441. The molecule has 0 heterocycles. The zero-order chi connectivity index (χ0) is 15.0. The second-order valence-electron chi connectivity index (χ2n) is 4.45. The average Bonchev–Trinajstić information content (AvgIpc) is 2.43. The van der Waals surface area contributed by atoms with Crippen molar-refractivity contribution in [2.24, 2.45) is 5.73 Å². The monoisotopic (exact) mass is 279 g/mol. The molecule has 0 radical (unpaired) electrons. The third-order valence-corrected chi connectivity index (χ3v) is 2.77. The van der Waals surface area contributed by atoms with E-state index in [9.17, 15) is 9.59 Å². The molecule has 1 unspecified atom stereocenters. The summed E-state index contributed by atoms with van der Waals surface area (Å²) in [6.45, 7) is 2.20. The number of amides is 2. The Morgan fingerprint density at radius 3 is 2.45 bits per heavy atom. The summed E-state index contributed by atoms with van der Waals surface area (Å²) < 4.78 is 5.05. The van der Waals surface area contributed by atoms with Crippen LogP contribution in [0, 0.1) is 0 Å². The highest BCUT2D eigenvalue weighted by Gasteiger charge is 2.10. The van der Waals surface area contributed by atoms with Gasteiger partial charge in [0.1, 0.15) is 0 Å². The average molecular weight is 279 g/mol. The molecule has 0 fully saturated rings. The van der Waals surface area contributed by atoms with E-state index in [0.717, 1.165) is 11.3 Å². The van der Waals surface area contributed by atoms with Gasteiger partial charge in [0.15, 0.2) is 0 Å². The van der Waals surface area contributed by atoms with Gasteiger partial charge < -0.3 is 21.1 Å². The molecular formula is C14H21N3O3. The van der Waals surface area contributed by atoms with E-state index >= 15 is 0 Å². The Balaban J connectivity index is 2.41. The maximum Gasteiger partial charge on any atom is 0.222 e. The number of hydrogen-bond acceptors (Lipinski definition) is 4. The molecule has 1 rings (SSSR count). The van der Waals surface area contributed by atoms with E-state index in [2.05, 4.69) is 10.6 Å². The van der Waals surface area contributed by atoms with Crippen LogP contribution in [0.15, 0.2) is 24.3 Å². The van der Waals surface area contributed by atoms with E-state index in [1.165, 1.54) is 14.0 Å². The molecule has 2 amide bonds. The third-order valence-electron chi connectivity index (χ3n) is 2.77. The highest BCUT2D eigenvalue weighted by atomic mass is 16.5. The van der Waals surface area contributed by atoms with Crippen molar-refractivity contribution < 1.29 is 14.3 Å². The Morgan fingerprint density at radius 2 is 1.95 bits per heavy atom. The minimum absolute atomic E-state index is 0.103. The highest BCUT2D eigenvalue weighted by molar-refractivity contribution is 5.88. The zero-order valence-corrected chi connectivity index (χ0v) is 11.8. The van der Waals surface area contributed by atoms with Gasteiger partial charge in [-0.15, -0.1) is 0 Å². The molecule has 0 aliphatic rings. The van der Waals surface area contributed by atoms with Crippen molar-refractivity contribution in [3.63, 3.8) is 0 Å². The van der Waals surface area contributed by atoms with Gasteiger partial charge in [-0.1, -0.05) is 12.1 Å². The molecule has 0 aliphatic heterocycles. The van der Waals surface area contributed by atoms with Gasteiger partial charge in [-0.2, -0.15) is 0 Å². The molecule has 4 N–H and O–H groups in total. The molecule has 1 aromatic rings. The molecule has 0 saturated heterocycles.